The zero-order chi connectivity index (χ0) is 12.3. The van der Waals surface area contributed by atoms with E-state index in [4.69, 9.17) is 4.74 Å². The first kappa shape index (κ1) is 12.4. The Morgan fingerprint density at radius 2 is 2.12 bits per heavy atom. The molecule has 17 heavy (non-hydrogen) atoms. The van der Waals surface area contributed by atoms with Crippen molar-refractivity contribution in [3.05, 3.63) is 29.6 Å². The smallest absolute Gasteiger partial charge is 0.165 e. The third-order valence-electron chi connectivity index (χ3n) is 3.16. The second-order valence-electron chi connectivity index (χ2n) is 4.53. The molecule has 2 nitrogen and oxygen atoms in total. The van der Waals surface area contributed by atoms with E-state index >= 15 is 0 Å². The van der Waals surface area contributed by atoms with Gasteiger partial charge >= 0.3 is 0 Å². The minimum absolute atomic E-state index is 0.0680. The summed E-state index contributed by atoms with van der Waals surface area (Å²) in [6.45, 7) is 5.19. The minimum atomic E-state index is -0.246. The van der Waals surface area contributed by atoms with E-state index in [2.05, 4.69) is 19.2 Å². The van der Waals surface area contributed by atoms with Crippen molar-refractivity contribution < 1.29 is 9.13 Å². The summed E-state index contributed by atoms with van der Waals surface area (Å²) < 4.78 is 19.4. The molecule has 1 N–H and O–H groups in total. The van der Waals surface area contributed by atoms with Crippen LogP contribution in [0.2, 0.25) is 0 Å². The Balaban J connectivity index is 2.23. The van der Waals surface area contributed by atoms with Gasteiger partial charge in [-0.1, -0.05) is 32.4 Å². The van der Waals surface area contributed by atoms with Crippen molar-refractivity contribution in [2.75, 3.05) is 6.54 Å². The first-order valence-corrected chi connectivity index (χ1v) is 6.46. The maximum Gasteiger partial charge on any atom is 0.165 e. The molecule has 3 heteroatoms. The molecule has 0 aliphatic carbocycles. The Kier molecular flexibility index (Phi) is 4.00. The molecule has 0 fully saturated rings. The third kappa shape index (κ3) is 2.44. The van der Waals surface area contributed by atoms with Gasteiger partial charge in [-0.2, -0.15) is 0 Å². The molecule has 1 aliphatic heterocycles. The van der Waals surface area contributed by atoms with Crippen LogP contribution in [0, 0.1) is 5.82 Å². The van der Waals surface area contributed by atoms with Gasteiger partial charge in [-0.3, -0.25) is 0 Å². The molecule has 0 radical (unpaired) electrons. The Labute approximate surface area is 102 Å². The fourth-order valence-corrected chi connectivity index (χ4v) is 2.37. The third-order valence-corrected chi connectivity index (χ3v) is 3.16. The molecule has 0 bridgehead atoms. The minimum Gasteiger partial charge on any atom is -0.485 e. The average molecular weight is 237 g/mol. The standard InChI is InChI=1S/C14H20FNO/c1-3-6-12-13(16-9-4-2)10-7-5-8-11(15)14(10)17-12/h5,7-8,12-13,16H,3-4,6,9H2,1-2H3. The predicted molar refractivity (Wildman–Crippen MR) is 66.8 cm³/mol. The van der Waals surface area contributed by atoms with Crippen LogP contribution in [0.25, 0.3) is 0 Å². The lowest BCUT2D eigenvalue weighted by Gasteiger charge is -2.19. The number of ether oxygens (including phenoxy) is 1. The first-order valence-electron chi connectivity index (χ1n) is 6.46. The quantitative estimate of drug-likeness (QED) is 0.847. The zero-order valence-electron chi connectivity index (χ0n) is 10.5. The van der Waals surface area contributed by atoms with Crippen molar-refractivity contribution >= 4 is 0 Å². The van der Waals surface area contributed by atoms with E-state index in [1.807, 2.05) is 6.07 Å². The molecule has 0 aromatic heterocycles. The van der Waals surface area contributed by atoms with Crippen LogP contribution in [-0.2, 0) is 0 Å². The van der Waals surface area contributed by atoms with Gasteiger partial charge in [0.25, 0.3) is 0 Å². The van der Waals surface area contributed by atoms with E-state index in [1.165, 1.54) is 6.07 Å². The van der Waals surface area contributed by atoms with Crippen molar-refractivity contribution in [3.8, 4) is 5.75 Å². The van der Waals surface area contributed by atoms with Gasteiger partial charge in [0.05, 0.1) is 6.04 Å². The Hall–Kier alpha value is -1.09. The SMILES string of the molecule is CCCNC1c2cccc(F)c2OC1CCC. The van der Waals surface area contributed by atoms with Crippen molar-refractivity contribution in [1.29, 1.82) is 0 Å². The van der Waals surface area contributed by atoms with Crippen LogP contribution in [0.15, 0.2) is 18.2 Å². The van der Waals surface area contributed by atoms with Crippen LogP contribution in [0.1, 0.15) is 44.7 Å². The fourth-order valence-electron chi connectivity index (χ4n) is 2.37. The summed E-state index contributed by atoms with van der Waals surface area (Å²) in [6, 6.07) is 5.32. The first-order chi connectivity index (χ1) is 8.27. The normalized spacial score (nSPS) is 22.3. The second kappa shape index (κ2) is 5.50. The molecule has 0 amide bonds. The highest BCUT2D eigenvalue weighted by Crippen LogP contribution is 2.39. The van der Waals surface area contributed by atoms with E-state index < -0.39 is 0 Å². The van der Waals surface area contributed by atoms with Crippen molar-refractivity contribution in [2.45, 2.75) is 45.3 Å². The molecule has 2 rings (SSSR count). The van der Waals surface area contributed by atoms with Crippen LogP contribution in [0.5, 0.6) is 5.75 Å². The van der Waals surface area contributed by atoms with Crippen LogP contribution >= 0.6 is 0 Å². The lowest BCUT2D eigenvalue weighted by molar-refractivity contribution is 0.173. The Bertz CT molecular complexity index is 380. The Morgan fingerprint density at radius 1 is 1.29 bits per heavy atom. The maximum atomic E-state index is 13.6. The van der Waals surface area contributed by atoms with Gasteiger partial charge in [-0.25, -0.2) is 4.39 Å². The number of para-hydroxylation sites is 1. The van der Waals surface area contributed by atoms with Crippen LogP contribution in [0.4, 0.5) is 4.39 Å². The molecule has 1 aromatic carbocycles. The van der Waals surface area contributed by atoms with Gasteiger partial charge < -0.3 is 10.1 Å². The topological polar surface area (TPSA) is 21.3 Å². The highest BCUT2D eigenvalue weighted by atomic mass is 19.1. The second-order valence-corrected chi connectivity index (χ2v) is 4.53. The molecular formula is C14H20FNO. The van der Waals surface area contributed by atoms with E-state index in [0.717, 1.165) is 31.4 Å². The number of rotatable bonds is 5. The van der Waals surface area contributed by atoms with Gasteiger partial charge in [-0.05, 0) is 25.5 Å². The van der Waals surface area contributed by atoms with Crippen LogP contribution in [0.3, 0.4) is 0 Å². The highest BCUT2D eigenvalue weighted by molar-refractivity contribution is 5.41. The van der Waals surface area contributed by atoms with Crippen molar-refractivity contribution in [2.24, 2.45) is 0 Å². The number of hydrogen-bond acceptors (Lipinski definition) is 2. The van der Waals surface area contributed by atoms with E-state index in [-0.39, 0.29) is 18.0 Å². The summed E-state index contributed by atoms with van der Waals surface area (Å²) in [4.78, 5) is 0. The maximum absolute atomic E-state index is 13.6. The molecule has 0 saturated heterocycles. The molecule has 0 saturated carbocycles. The number of fused-ring (bicyclic) bond motifs is 1. The van der Waals surface area contributed by atoms with Crippen LogP contribution < -0.4 is 10.1 Å². The highest BCUT2D eigenvalue weighted by Gasteiger charge is 2.34. The molecule has 1 aliphatic rings. The molecule has 2 atom stereocenters. The summed E-state index contributed by atoms with van der Waals surface area (Å²) in [6.07, 6.45) is 3.14. The fraction of sp³-hybridized carbons (Fsp3) is 0.571. The largest absolute Gasteiger partial charge is 0.485 e. The van der Waals surface area contributed by atoms with Gasteiger partial charge in [0, 0.05) is 5.56 Å². The summed E-state index contributed by atoms with van der Waals surface area (Å²) >= 11 is 0. The Morgan fingerprint density at radius 3 is 2.82 bits per heavy atom. The molecule has 1 heterocycles. The lowest BCUT2D eigenvalue weighted by atomic mass is 10.0. The van der Waals surface area contributed by atoms with E-state index in [0.29, 0.717) is 5.75 Å². The molecule has 94 valence electrons. The number of hydrogen-bond donors (Lipinski definition) is 1. The van der Waals surface area contributed by atoms with Gasteiger partial charge in [-0.15, -0.1) is 0 Å². The lowest BCUT2D eigenvalue weighted by Crippen LogP contribution is -2.31. The number of benzene rings is 1. The molecule has 0 spiro atoms. The molecular weight excluding hydrogens is 217 g/mol. The summed E-state index contributed by atoms with van der Waals surface area (Å²) in [5.41, 5.74) is 0.969. The van der Waals surface area contributed by atoms with E-state index in [1.54, 1.807) is 6.07 Å². The molecule has 1 aromatic rings. The zero-order valence-corrected chi connectivity index (χ0v) is 10.5. The molecule has 2 unspecified atom stereocenters. The average Bonchev–Trinajstić information content (AvgIpc) is 2.67. The predicted octanol–water partition coefficient (Wildman–Crippen LogP) is 3.43. The monoisotopic (exact) mass is 237 g/mol. The summed E-state index contributed by atoms with van der Waals surface area (Å²) in [7, 11) is 0. The van der Waals surface area contributed by atoms with Crippen LogP contribution in [-0.4, -0.2) is 12.6 Å². The van der Waals surface area contributed by atoms with E-state index in [9.17, 15) is 4.39 Å². The number of nitrogens with one attached hydrogen (secondary N) is 1. The van der Waals surface area contributed by atoms with Crippen molar-refractivity contribution in [1.82, 2.24) is 5.32 Å². The summed E-state index contributed by atoms with van der Waals surface area (Å²) in [5.74, 6) is 0.198. The summed E-state index contributed by atoms with van der Waals surface area (Å²) in [5, 5.41) is 3.46. The van der Waals surface area contributed by atoms with Gasteiger partial charge in [0.1, 0.15) is 6.10 Å². The number of halogens is 1. The van der Waals surface area contributed by atoms with Crippen molar-refractivity contribution in [3.63, 3.8) is 0 Å². The van der Waals surface area contributed by atoms with Gasteiger partial charge in [0.15, 0.2) is 11.6 Å². The van der Waals surface area contributed by atoms with Gasteiger partial charge in [0.2, 0.25) is 0 Å².